The Hall–Kier alpha value is -2.64. The molecule has 8 heteroatoms. The van der Waals surface area contributed by atoms with Crippen LogP contribution in [0, 0.1) is 10.1 Å². The summed E-state index contributed by atoms with van der Waals surface area (Å²) in [6.45, 7) is 4.24. The number of hydrogen-bond acceptors (Lipinski definition) is 4. The van der Waals surface area contributed by atoms with E-state index in [2.05, 4.69) is 10.2 Å². The van der Waals surface area contributed by atoms with E-state index in [1.54, 1.807) is 18.2 Å². The van der Waals surface area contributed by atoms with Crippen molar-refractivity contribution in [2.24, 2.45) is 0 Å². The molecule has 3 rings (SSSR count). The van der Waals surface area contributed by atoms with E-state index in [1.165, 1.54) is 17.0 Å². The Labute approximate surface area is 162 Å². The van der Waals surface area contributed by atoms with Gasteiger partial charge in [0, 0.05) is 29.4 Å². The third-order valence-corrected chi connectivity index (χ3v) is 4.92. The number of quaternary nitrogens is 1. The van der Waals surface area contributed by atoms with E-state index in [4.69, 9.17) is 11.6 Å². The molecule has 0 radical (unpaired) electrons. The molecule has 0 bridgehead atoms. The Kier molecular flexibility index (Phi) is 6.26. The van der Waals surface area contributed by atoms with Crippen LogP contribution >= 0.6 is 11.6 Å². The Morgan fingerprint density at radius 2 is 1.89 bits per heavy atom. The van der Waals surface area contributed by atoms with Crippen molar-refractivity contribution in [3.63, 3.8) is 0 Å². The summed E-state index contributed by atoms with van der Waals surface area (Å²) < 4.78 is 0. The molecule has 1 amide bonds. The topological polar surface area (TPSA) is 79.9 Å². The van der Waals surface area contributed by atoms with Crippen LogP contribution in [0.1, 0.15) is 5.56 Å². The lowest BCUT2D eigenvalue weighted by Crippen LogP contribution is -3.15. The number of piperazine rings is 1. The predicted octanol–water partition coefficient (Wildman–Crippen LogP) is 1.27. The summed E-state index contributed by atoms with van der Waals surface area (Å²) in [6, 6.07) is 14.1. The summed E-state index contributed by atoms with van der Waals surface area (Å²) >= 11 is 5.95. The molecule has 1 aliphatic heterocycles. The number of nitrogens with zero attached hydrogens (tertiary/aromatic N) is 2. The van der Waals surface area contributed by atoms with E-state index in [0.717, 1.165) is 37.4 Å². The highest BCUT2D eigenvalue weighted by Gasteiger charge is 2.22. The van der Waals surface area contributed by atoms with Crippen LogP contribution < -0.4 is 15.1 Å². The largest absolute Gasteiger partial charge is 0.360 e. The number of carbonyl (C=O) groups is 1. The van der Waals surface area contributed by atoms with Crippen LogP contribution in [-0.2, 0) is 11.3 Å². The molecule has 1 aliphatic rings. The second-order valence-corrected chi connectivity index (χ2v) is 7.03. The van der Waals surface area contributed by atoms with Crippen molar-refractivity contribution >= 4 is 28.9 Å². The van der Waals surface area contributed by atoms with Gasteiger partial charge in [0.15, 0.2) is 6.54 Å². The molecule has 0 atom stereocenters. The van der Waals surface area contributed by atoms with Crippen molar-refractivity contribution in [2.75, 3.05) is 37.6 Å². The average Bonchev–Trinajstić information content (AvgIpc) is 2.67. The molecule has 142 valence electrons. The van der Waals surface area contributed by atoms with E-state index < -0.39 is 4.92 Å². The summed E-state index contributed by atoms with van der Waals surface area (Å²) in [5.74, 6) is 0.0220. The normalized spacial score (nSPS) is 14.8. The first kappa shape index (κ1) is 19.1. The standard InChI is InChI=1S/C19H21ClN4O3/c20-16-3-1-2-15(12-16)13-21-19(25)14-22-8-10-23(11-9-22)17-4-6-18(7-5-17)24(26)27/h1-7,12H,8-11,13-14H2,(H,21,25)/p+1. The lowest BCUT2D eigenvalue weighted by molar-refractivity contribution is -0.892. The van der Waals surface area contributed by atoms with Crippen LogP contribution in [0.5, 0.6) is 0 Å². The fourth-order valence-corrected chi connectivity index (χ4v) is 3.39. The first-order chi connectivity index (χ1) is 13.0. The number of nitro benzene ring substituents is 1. The smallest absolute Gasteiger partial charge is 0.275 e. The SMILES string of the molecule is O=C(C[NH+]1CCN(c2ccc([N+](=O)[O-])cc2)CC1)NCc1cccc(Cl)c1. The van der Waals surface area contributed by atoms with Crippen molar-refractivity contribution in [3.8, 4) is 0 Å². The van der Waals surface area contributed by atoms with Crippen LogP contribution in [0.15, 0.2) is 48.5 Å². The zero-order valence-corrected chi connectivity index (χ0v) is 15.6. The lowest BCUT2D eigenvalue weighted by Gasteiger charge is -2.33. The van der Waals surface area contributed by atoms with Gasteiger partial charge in [0.2, 0.25) is 0 Å². The molecule has 7 nitrogen and oxygen atoms in total. The van der Waals surface area contributed by atoms with Gasteiger partial charge in [0.05, 0.1) is 31.1 Å². The maximum atomic E-state index is 12.2. The molecular formula is C19H22ClN4O3+. The van der Waals surface area contributed by atoms with Crippen molar-refractivity contribution in [3.05, 3.63) is 69.2 Å². The maximum absolute atomic E-state index is 12.2. The van der Waals surface area contributed by atoms with Crippen molar-refractivity contribution in [2.45, 2.75) is 6.54 Å². The molecule has 1 heterocycles. The molecule has 0 unspecified atom stereocenters. The molecule has 0 spiro atoms. The minimum atomic E-state index is -0.395. The second-order valence-electron chi connectivity index (χ2n) is 6.59. The number of halogens is 1. The number of rotatable bonds is 6. The number of non-ortho nitro benzene ring substituents is 1. The number of amides is 1. The molecule has 2 N–H and O–H groups in total. The van der Waals surface area contributed by atoms with Crippen molar-refractivity contribution in [1.82, 2.24) is 5.32 Å². The Balaban J connectivity index is 1.43. The Bertz CT molecular complexity index is 805. The summed E-state index contributed by atoms with van der Waals surface area (Å²) in [5.41, 5.74) is 2.05. The van der Waals surface area contributed by atoms with Gasteiger partial charge in [-0.3, -0.25) is 14.9 Å². The van der Waals surface area contributed by atoms with Crippen molar-refractivity contribution < 1.29 is 14.6 Å². The fraction of sp³-hybridized carbons (Fsp3) is 0.316. The summed E-state index contributed by atoms with van der Waals surface area (Å²) in [5, 5.41) is 14.3. The van der Waals surface area contributed by atoms with Gasteiger partial charge < -0.3 is 15.1 Å². The number of nitrogens with one attached hydrogen (secondary N) is 2. The predicted molar refractivity (Wildman–Crippen MR) is 104 cm³/mol. The quantitative estimate of drug-likeness (QED) is 0.576. The van der Waals surface area contributed by atoms with Crippen molar-refractivity contribution in [1.29, 1.82) is 0 Å². The fourth-order valence-electron chi connectivity index (χ4n) is 3.18. The third-order valence-electron chi connectivity index (χ3n) is 4.69. The Morgan fingerprint density at radius 1 is 1.19 bits per heavy atom. The van der Waals surface area contributed by atoms with Gasteiger partial charge in [0.25, 0.3) is 11.6 Å². The minimum absolute atomic E-state index is 0.0220. The summed E-state index contributed by atoms with van der Waals surface area (Å²) in [4.78, 5) is 25.9. The highest BCUT2D eigenvalue weighted by atomic mass is 35.5. The van der Waals surface area contributed by atoms with Gasteiger partial charge in [0.1, 0.15) is 0 Å². The van der Waals surface area contributed by atoms with Gasteiger partial charge in [-0.25, -0.2) is 0 Å². The second kappa shape index (κ2) is 8.83. The van der Waals surface area contributed by atoms with E-state index >= 15 is 0 Å². The van der Waals surface area contributed by atoms with Crippen LogP contribution in [0.4, 0.5) is 11.4 Å². The number of anilines is 1. The van der Waals surface area contributed by atoms with Crippen LogP contribution in [0.2, 0.25) is 5.02 Å². The van der Waals surface area contributed by atoms with Gasteiger partial charge in [-0.05, 0) is 29.8 Å². The summed E-state index contributed by atoms with van der Waals surface area (Å²) in [7, 11) is 0. The third kappa shape index (κ3) is 5.42. The summed E-state index contributed by atoms with van der Waals surface area (Å²) in [6.07, 6.45) is 0. The molecule has 0 saturated carbocycles. The highest BCUT2D eigenvalue weighted by molar-refractivity contribution is 6.30. The zero-order chi connectivity index (χ0) is 19.2. The van der Waals surface area contributed by atoms with Crippen LogP contribution in [-0.4, -0.2) is 43.6 Å². The molecule has 0 aromatic heterocycles. The zero-order valence-electron chi connectivity index (χ0n) is 14.9. The van der Waals surface area contributed by atoms with Gasteiger partial charge in [-0.1, -0.05) is 23.7 Å². The first-order valence-corrected chi connectivity index (χ1v) is 9.23. The monoisotopic (exact) mass is 389 g/mol. The lowest BCUT2D eigenvalue weighted by atomic mass is 10.2. The van der Waals surface area contributed by atoms with Gasteiger partial charge >= 0.3 is 0 Å². The molecule has 1 fully saturated rings. The highest BCUT2D eigenvalue weighted by Crippen LogP contribution is 2.19. The minimum Gasteiger partial charge on any atom is -0.360 e. The maximum Gasteiger partial charge on any atom is 0.275 e. The molecular weight excluding hydrogens is 368 g/mol. The number of hydrogen-bond donors (Lipinski definition) is 2. The average molecular weight is 390 g/mol. The molecule has 1 saturated heterocycles. The molecule has 2 aromatic carbocycles. The molecule has 0 aliphatic carbocycles. The number of benzene rings is 2. The number of nitro groups is 1. The van der Waals surface area contributed by atoms with E-state index in [1.807, 2.05) is 18.2 Å². The van der Waals surface area contributed by atoms with Crippen LogP contribution in [0.25, 0.3) is 0 Å². The number of carbonyl (C=O) groups excluding carboxylic acids is 1. The van der Waals surface area contributed by atoms with E-state index in [0.29, 0.717) is 18.1 Å². The van der Waals surface area contributed by atoms with Gasteiger partial charge in [-0.15, -0.1) is 0 Å². The van der Waals surface area contributed by atoms with E-state index in [9.17, 15) is 14.9 Å². The molecule has 2 aromatic rings. The van der Waals surface area contributed by atoms with Crippen LogP contribution in [0.3, 0.4) is 0 Å². The first-order valence-electron chi connectivity index (χ1n) is 8.85. The Morgan fingerprint density at radius 3 is 2.52 bits per heavy atom. The molecule has 27 heavy (non-hydrogen) atoms. The van der Waals surface area contributed by atoms with E-state index in [-0.39, 0.29) is 11.6 Å². The van der Waals surface area contributed by atoms with Gasteiger partial charge in [-0.2, -0.15) is 0 Å².